The van der Waals surface area contributed by atoms with E-state index in [4.69, 9.17) is 5.73 Å². The summed E-state index contributed by atoms with van der Waals surface area (Å²) in [6.07, 6.45) is 3.79. The second-order valence-corrected chi connectivity index (χ2v) is 5.65. The first-order valence-electron chi connectivity index (χ1n) is 6.54. The molecule has 1 aliphatic rings. The maximum absolute atomic E-state index is 5.95. The van der Waals surface area contributed by atoms with Gasteiger partial charge < -0.3 is 11.1 Å². The molecule has 0 aliphatic heterocycles. The van der Waals surface area contributed by atoms with Crippen LogP contribution in [-0.4, -0.2) is 11.0 Å². The zero-order valence-electron chi connectivity index (χ0n) is 11.0. The molecule has 0 radical (unpaired) electrons. The van der Waals surface area contributed by atoms with E-state index in [0.717, 1.165) is 29.0 Å². The SMILES string of the molecule is Cc1ccc(N)c(NC2CC(C)CC(C)C2)n1. The second kappa shape index (κ2) is 4.94. The summed E-state index contributed by atoms with van der Waals surface area (Å²) in [5.74, 6) is 2.45. The number of rotatable bonds is 2. The van der Waals surface area contributed by atoms with E-state index >= 15 is 0 Å². The van der Waals surface area contributed by atoms with Crippen molar-refractivity contribution in [2.24, 2.45) is 11.8 Å². The number of nitrogens with two attached hydrogens (primary N) is 1. The van der Waals surface area contributed by atoms with Crippen molar-refractivity contribution in [1.82, 2.24) is 4.98 Å². The minimum absolute atomic E-state index is 0.519. The highest BCUT2D eigenvalue weighted by atomic mass is 15.0. The number of nitrogen functional groups attached to an aromatic ring is 1. The summed E-state index contributed by atoms with van der Waals surface area (Å²) >= 11 is 0. The highest BCUT2D eigenvalue weighted by Crippen LogP contribution is 2.31. The topological polar surface area (TPSA) is 50.9 Å². The zero-order valence-corrected chi connectivity index (χ0v) is 11.0. The van der Waals surface area contributed by atoms with Crippen molar-refractivity contribution in [3.63, 3.8) is 0 Å². The summed E-state index contributed by atoms with van der Waals surface area (Å²) in [5, 5.41) is 3.51. The monoisotopic (exact) mass is 233 g/mol. The van der Waals surface area contributed by atoms with Gasteiger partial charge in [0.25, 0.3) is 0 Å². The van der Waals surface area contributed by atoms with Gasteiger partial charge in [0.2, 0.25) is 0 Å². The number of pyridine rings is 1. The fraction of sp³-hybridized carbons (Fsp3) is 0.643. The fourth-order valence-electron chi connectivity index (χ4n) is 2.94. The van der Waals surface area contributed by atoms with Gasteiger partial charge in [-0.3, -0.25) is 0 Å². The Morgan fingerprint density at radius 1 is 1.18 bits per heavy atom. The molecule has 2 unspecified atom stereocenters. The van der Waals surface area contributed by atoms with Crippen LogP contribution in [-0.2, 0) is 0 Å². The van der Waals surface area contributed by atoms with Gasteiger partial charge in [-0.1, -0.05) is 13.8 Å². The standard InChI is InChI=1S/C14H23N3/c1-9-6-10(2)8-12(7-9)17-14-13(15)5-4-11(3)16-14/h4-5,9-10,12H,6-8,15H2,1-3H3,(H,16,17). The van der Waals surface area contributed by atoms with E-state index in [1.54, 1.807) is 0 Å². The third-order valence-electron chi connectivity index (χ3n) is 3.59. The van der Waals surface area contributed by atoms with E-state index in [1.807, 2.05) is 19.1 Å². The molecule has 1 aromatic rings. The van der Waals surface area contributed by atoms with Crippen molar-refractivity contribution in [3.05, 3.63) is 17.8 Å². The normalized spacial score (nSPS) is 29.0. The van der Waals surface area contributed by atoms with E-state index < -0.39 is 0 Å². The Morgan fingerprint density at radius 3 is 2.47 bits per heavy atom. The van der Waals surface area contributed by atoms with Gasteiger partial charge in [-0.15, -0.1) is 0 Å². The minimum Gasteiger partial charge on any atom is -0.396 e. The van der Waals surface area contributed by atoms with Gasteiger partial charge in [0.05, 0.1) is 5.69 Å². The number of aromatic nitrogens is 1. The van der Waals surface area contributed by atoms with Crippen LogP contribution in [0.15, 0.2) is 12.1 Å². The van der Waals surface area contributed by atoms with Gasteiger partial charge in [0.15, 0.2) is 0 Å². The van der Waals surface area contributed by atoms with E-state index in [2.05, 4.69) is 24.1 Å². The largest absolute Gasteiger partial charge is 0.396 e. The van der Waals surface area contributed by atoms with Gasteiger partial charge >= 0.3 is 0 Å². The molecule has 0 aromatic carbocycles. The average molecular weight is 233 g/mol. The predicted molar refractivity (Wildman–Crippen MR) is 73.0 cm³/mol. The fourth-order valence-corrected chi connectivity index (χ4v) is 2.94. The summed E-state index contributed by atoms with van der Waals surface area (Å²) in [6, 6.07) is 4.40. The van der Waals surface area contributed by atoms with Crippen LogP contribution in [0.25, 0.3) is 0 Å². The molecule has 0 saturated heterocycles. The number of hydrogen-bond acceptors (Lipinski definition) is 3. The van der Waals surface area contributed by atoms with Gasteiger partial charge in [-0.05, 0) is 50.2 Å². The van der Waals surface area contributed by atoms with Crippen molar-refractivity contribution >= 4 is 11.5 Å². The smallest absolute Gasteiger partial charge is 0.149 e. The van der Waals surface area contributed by atoms with Gasteiger partial charge in [0, 0.05) is 11.7 Å². The zero-order chi connectivity index (χ0) is 12.4. The molecule has 0 amide bonds. The number of nitrogens with one attached hydrogen (secondary N) is 1. The van der Waals surface area contributed by atoms with Crippen LogP contribution in [0.4, 0.5) is 11.5 Å². The average Bonchev–Trinajstić information content (AvgIpc) is 2.22. The van der Waals surface area contributed by atoms with Crippen molar-refractivity contribution in [2.45, 2.75) is 46.1 Å². The molecule has 3 heteroatoms. The van der Waals surface area contributed by atoms with E-state index in [1.165, 1.54) is 19.3 Å². The summed E-state index contributed by atoms with van der Waals surface area (Å²) in [4.78, 5) is 4.48. The molecule has 1 heterocycles. The molecule has 1 aliphatic carbocycles. The molecule has 1 aromatic heterocycles. The van der Waals surface area contributed by atoms with Crippen LogP contribution < -0.4 is 11.1 Å². The Hall–Kier alpha value is -1.25. The molecule has 3 nitrogen and oxygen atoms in total. The molecule has 0 bridgehead atoms. The van der Waals surface area contributed by atoms with Crippen LogP contribution in [0.1, 0.15) is 38.8 Å². The first-order valence-corrected chi connectivity index (χ1v) is 6.54. The lowest BCUT2D eigenvalue weighted by atomic mass is 9.80. The molecular formula is C14H23N3. The highest BCUT2D eigenvalue weighted by molar-refractivity contribution is 5.61. The van der Waals surface area contributed by atoms with Crippen LogP contribution in [0.3, 0.4) is 0 Å². The van der Waals surface area contributed by atoms with Gasteiger partial charge in [0.1, 0.15) is 5.82 Å². The lowest BCUT2D eigenvalue weighted by molar-refractivity contribution is 0.280. The first-order chi connectivity index (χ1) is 8.04. The molecule has 1 saturated carbocycles. The molecule has 17 heavy (non-hydrogen) atoms. The number of aryl methyl sites for hydroxylation is 1. The van der Waals surface area contributed by atoms with Crippen molar-refractivity contribution in [2.75, 3.05) is 11.1 Å². The Kier molecular flexibility index (Phi) is 3.55. The quantitative estimate of drug-likeness (QED) is 0.824. The number of nitrogens with zero attached hydrogens (tertiary/aromatic N) is 1. The maximum atomic E-state index is 5.95. The lowest BCUT2D eigenvalue weighted by Crippen LogP contribution is -2.30. The van der Waals surface area contributed by atoms with E-state index in [-0.39, 0.29) is 0 Å². The maximum Gasteiger partial charge on any atom is 0.149 e. The first kappa shape index (κ1) is 12.2. The molecule has 2 rings (SSSR count). The summed E-state index contributed by atoms with van der Waals surface area (Å²) in [6.45, 7) is 6.66. The van der Waals surface area contributed by atoms with E-state index in [0.29, 0.717) is 6.04 Å². The van der Waals surface area contributed by atoms with Gasteiger partial charge in [-0.25, -0.2) is 4.98 Å². The second-order valence-electron chi connectivity index (χ2n) is 5.65. The van der Waals surface area contributed by atoms with Crippen molar-refractivity contribution in [3.8, 4) is 0 Å². The van der Waals surface area contributed by atoms with Crippen LogP contribution in [0, 0.1) is 18.8 Å². The summed E-state index contributed by atoms with van der Waals surface area (Å²) in [7, 11) is 0. The summed E-state index contributed by atoms with van der Waals surface area (Å²) in [5.41, 5.74) is 7.71. The highest BCUT2D eigenvalue weighted by Gasteiger charge is 2.24. The molecule has 1 fully saturated rings. The third kappa shape index (κ3) is 3.11. The molecule has 2 atom stereocenters. The number of anilines is 2. The van der Waals surface area contributed by atoms with Crippen LogP contribution in [0.5, 0.6) is 0 Å². The molecule has 0 spiro atoms. The van der Waals surface area contributed by atoms with Crippen molar-refractivity contribution < 1.29 is 0 Å². The molecule has 94 valence electrons. The van der Waals surface area contributed by atoms with Crippen LogP contribution >= 0.6 is 0 Å². The van der Waals surface area contributed by atoms with Crippen LogP contribution in [0.2, 0.25) is 0 Å². The predicted octanol–water partition coefficient (Wildman–Crippen LogP) is 3.21. The Morgan fingerprint density at radius 2 is 1.82 bits per heavy atom. The Labute approximate surface area is 104 Å². The van der Waals surface area contributed by atoms with Crippen molar-refractivity contribution in [1.29, 1.82) is 0 Å². The third-order valence-corrected chi connectivity index (χ3v) is 3.59. The van der Waals surface area contributed by atoms with Gasteiger partial charge in [-0.2, -0.15) is 0 Å². The summed E-state index contributed by atoms with van der Waals surface area (Å²) < 4.78 is 0. The Balaban J connectivity index is 2.07. The Bertz CT molecular complexity index is 379. The molecule has 3 N–H and O–H groups in total. The number of hydrogen-bond donors (Lipinski definition) is 2. The van der Waals surface area contributed by atoms with E-state index in [9.17, 15) is 0 Å². The molecular weight excluding hydrogens is 210 g/mol. The minimum atomic E-state index is 0.519. The lowest BCUT2D eigenvalue weighted by Gasteiger charge is -2.32.